The molecule has 1 heterocycles. The zero-order chi connectivity index (χ0) is 12.3. The minimum atomic E-state index is 0.677. The van der Waals surface area contributed by atoms with E-state index >= 15 is 0 Å². The zero-order valence-corrected chi connectivity index (χ0v) is 11.1. The number of aromatic nitrogens is 1. The summed E-state index contributed by atoms with van der Waals surface area (Å²) in [4.78, 5) is 5.47. The average molecular weight is 268 g/mol. The Morgan fingerprint density at radius 1 is 1.35 bits per heavy atom. The number of nitrogens with one attached hydrogen (secondary N) is 1. The summed E-state index contributed by atoms with van der Waals surface area (Å²) in [5, 5.41) is 4.03. The van der Waals surface area contributed by atoms with Crippen LogP contribution in [0.25, 0.3) is 0 Å². The fourth-order valence-corrected chi connectivity index (χ4v) is 2.61. The van der Waals surface area contributed by atoms with Crippen LogP contribution in [-0.2, 0) is 13.1 Å². The van der Waals surface area contributed by atoms with Crippen LogP contribution in [0.2, 0.25) is 5.02 Å². The molecule has 1 aromatic carbocycles. The van der Waals surface area contributed by atoms with Gasteiger partial charge in [-0.1, -0.05) is 11.6 Å². The summed E-state index contributed by atoms with van der Waals surface area (Å²) >= 11 is 7.60. The first kappa shape index (κ1) is 12.4. The highest BCUT2D eigenvalue weighted by Gasteiger charge is 2.01. The van der Waals surface area contributed by atoms with E-state index in [2.05, 4.69) is 10.3 Å². The summed E-state index contributed by atoms with van der Waals surface area (Å²) in [6.45, 7) is 3.59. The molecular formula is C12H14ClN3S. The maximum atomic E-state index is 5.94. The molecule has 2 rings (SSSR count). The molecule has 1 aromatic heterocycles. The molecule has 0 aliphatic heterocycles. The van der Waals surface area contributed by atoms with Crippen LogP contribution in [0.4, 0.5) is 5.69 Å². The lowest BCUT2D eigenvalue weighted by molar-refractivity contribution is 0.697. The van der Waals surface area contributed by atoms with E-state index in [-0.39, 0.29) is 0 Å². The standard InChI is InChI=1S/C12H14ClN3S/c1-8-12(17-7-16-8)6-15-5-9-2-10(13)4-11(14)3-9/h2-4,7,15H,5-6,14H2,1H3. The van der Waals surface area contributed by atoms with Gasteiger partial charge in [-0.25, -0.2) is 4.98 Å². The van der Waals surface area contributed by atoms with Gasteiger partial charge in [-0.3, -0.25) is 0 Å². The highest BCUT2D eigenvalue weighted by Crippen LogP contribution is 2.17. The van der Waals surface area contributed by atoms with Crippen molar-refractivity contribution < 1.29 is 0 Å². The van der Waals surface area contributed by atoms with E-state index in [4.69, 9.17) is 17.3 Å². The van der Waals surface area contributed by atoms with Gasteiger partial charge in [0.15, 0.2) is 0 Å². The summed E-state index contributed by atoms with van der Waals surface area (Å²) in [7, 11) is 0. The van der Waals surface area contributed by atoms with Gasteiger partial charge in [0.25, 0.3) is 0 Å². The first-order valence-corrected chi connectivity index (χ1v) is 6.55. The highest BCUT2D eigenvalue weighted by molar-refractivity contribution is 7.09. The molecule has 2 aromatic rings. The second kappa shape index (κ2) is 5.49. The molecule has 0 atom stereocenters. The smallest absolute Gasteiger partial charge is 0.0798 e. The molecule has 0 amide bonds. The predicted octanol–water partition coefficient (Wildman–Crippen LogP) is 2.98. The lowest BCUT2D eigenvalue weighted by atomic mass is 10.2. The van der Waals surface area contributed by atoms with Crippen LogP contribution in [0.5, 0.6) is 0 Å². The number of rotatable bonds is 4. The first-order valence-electron chi connectivity index (χ1n) is 5.30. The van der Waals surface area contributed by atoms with Crippen molar-refractivity contribution >= 4 is 28.6 Å². The number of anilines is 1. The summed E-state index contributed by atoms with van der Waals surface area (Å²) in [6.07, 6.45) is 0. The van der Waals surface area contributed by atoms with E-state index in [1.807, 2.05) is 24.6 Å². The molecule has 90 valence electrons. The number of nitrogen functional groups attached to an aromatic ring is 1. The van der Waals surface area contributed by atoms with Crippen molar-refractivity contribution in [3.8, 4) is 0 Å². The van der Waals surface area contributed by atoms with Crippen molar-refractivity contribution in [1.82, 2.24) is 10.3 Å². The lowest BCUT2D eigenvalue weighted by Crippen LogP contribution is -2.12. The van der Waals surface area contributed by atoms with Crippen LogP contribution in [-0.4, -0.2) is 4.98 Å². The Balaban J connectivity index is 1.92. The minimum Gasteiger partial charge on any atom is -0.399 e. The van der Waals surface area contributed by atoms with Gasteiger partial charge in [0.05, 0.1) is 11.2 Å². The number of hydrogen-bond donors (Lipinski definition) is 2. The molecule has 0 bridgehead atoms. The van der Waals surface area contributed by atoms with Gasteiger partial charge in [-0.2, -0.15) is 0 Å². The Kier molecular flexibility index (Phi) is 3.99. The normalized spacial score (nSPS) is 10.7. The van der Waals surface area contributed by atoms with Gasteiger partial charge in [0, 0.05) is 28.7 Å². The van der Waals surface area contributed by atoms with Crippen molar-refractivity contribution in [2.75, 3.05) is 5.73 Å². The number of hydrogen-bond acceptors (Lipinski definition) is 4. The molecule has 3 N–H and O–H groups in total. The summed E-state index contributed by atoms with van der Waals surface area (Å²) in [5.41, 5.74) is 10.5. The monoisotopic (exact) mass is 267 g/mol. The molecule has 0 unspecified atom stereocenters. The SMILES string of the molecule is Cc1ncsc1CNCc1cc(N)cc(Cl)c1. The van der Waals surface area contributed by atoms with Gasteiger partial charge in [-0.05, 0) is 30.7 Å². The van der Waals surface area contributed by atoms with Crippen LogP contribution in [0.15, 0.2) is 23.7 Å². The van der Waals surface area contributed by atoms with Crippen LogP contribution in [0.1, 0.15) is 16.1 Å². The Hall–Kier alpha value is -1.10. The van der Waals surface area contributed by atoms with E-state index in [9.17, 15) is 0 Å². The Morgan fingerprint density at radius 2 is 2.18 bits per heavy atom. The number of halogens is 1. The molecule has 0 saturated carbocycles. The third-order valence-corrected chi connectivity index (χ3v) is 3.59. The quantitative estimate of drug-likeness (QED) is 0.838. The van der Waals surface area contributed by atoms with Crippen molar-refractivity contribution in [1.29, 1.82) is 0 Å². The Labute approximate surface area is 110 Å². The number of thiazole rings is 1. The number of nitrogens with two attached hydrogens (primary N) is 1. The van der Waals surface area contributed by atoms with Gasteiger partial charge in [0.2, 0.25) is 0 Å². The second-order valence-corrected chi connectivity index (χ2v) is 5.23. The maximum Gasteiger partial charge on any atom is 0.0798 e. The largest absolute Gasteiger partial charge is 0.399 e. The number of nitrogens with zero attached hydrogens (tertiary/aromatic N) is 1. The van der Waals surface area contributed by atoms with E-state index < -0.39 is 0 Å². The van der Waals surface area contributed by atoms with Crippen molar-refractivity contribution in [3.05, 3.63) is 44.9 Å². The van der Waals surface area contributed by atoms with Gasteiger partial charge < -0.3 is 11.1 Å². The fourth-order valence-electron chi connectivity index (χ4n) is 1.59. The average Bonchev–Trinajstić information content (AvgIpc) is 2.63. The maximum absolute atomic E-state index is 5.94. The van der Waals surface area contributed by atoms with E-state index in [1.54, 1.807) is 17.4 Å². The molecular weight excluding hydrogens is 254 g/mol. The van der Waals surface area contributed by atoms with Crippen molar-refractivity contribution in [3.63, 3.8) is 0 Å². The van der Waals surface area contributed by atoms with Crippen LogP contribution < -0.4 is 11.1 Å². The van der Waals surface area contributed by atoms with Crippen molar-refractivity contribution in [2.24, 2.45) is 0 Å². The molecule has 0 spiro atoms. The van der Waals surface area contributed by atoms with Crippen LogP contribution >= 0.6 is 22.9 Å². The van der Waals surface area contributed by atoms with E-state index in [1.165, 1.54) is 4.88 Å². The Morgan fingerprint density at radius 3 is 2.82 bits per heavy atom. The predicted molar refractivity (Wildman–Crippen MR) is 73.3 cm³/mol. The number of aryl methyl sites for hydroxylation is 1. The van der Waals surface area contributed by atoms with Crippen LogP contribution in [0, 0.1) is 6.92 Å². The van der Waals surface area contributed by atoms with Gasteiger partial charge >= 0.3 is 0 Å². The third kappa shape index (κ3) is 3.43. The molecule has 3 nitrogen and oxygen atoms in total. The summed E-state index contributed by atoms with van der Waals surface area (Å²) in [5.74, 6) is 0. The molecule has 0 radical (unpaired) electrons. The minimum absolute atomic E-state index is 0.677. The molecule has 0 aliphatic rings. The van der Waals surface area contributed by atoms with Crippen molar-refractivity contribution in [2.45, 2.75) is 20.0 Å². The Bertz CT molecular complexity index is 490. The molecule has 17 heavy (non-hydrogen) atoms. The molecule has 5 heteroatoms. The highest BCUT2D eigenvalue weighted by atomic mass is 35.5. The number of benzene rings is 1. The van der Waals surface area contributed by atoms with Gasteiger partial charge in [-0.15, -0.1) is 11.3 Å². The summed E-state index contributed by atoms with van der Waals surface area (Å²) < 4.78 is 0. The zero-order valence-electron chi connectivity index (χ0n) is 9.53. The first-order chi connectivity index (χ1) is 8.15. The second-order valence-electron chi connectivity index (χ2n) is 3.86. The van der Waals surface area contributed by atoms with Gasteiger partial charge in [0.1, 0.15) is 0 Å². The molecule has 0 aliphatic carbocycles. The van der Waals surface area contributed by atoms with Crippen LogP contribution in [0.3, 0.4) is 0 Å². The summed E-state index contributed by atoms with van der Waals surface area (Å²) in [6, 6.07) is 5.60. The molecule has 0 saturated heterocycles. The topological polar surface area (TPSA) is 50.9 Å². The lowest BCUT2D eigenvalue weighted by Gasteiger charge is -2.05. The van der Waals surface area contributed by atoms with E-state index in [0.717, 1.165) is 24.3 Å². The van der Waals surface area contributed by atoms with E-state index in [0.29, 0.717) is 10.7 Å². The third-order valence-electron chi connectivity index (χ3n) is 2.44. The molecule has 0 fully saturated rings. The fraction of sp³-hybridized carbons (Fsp3) is 0.250.